The molecule has 1 aliphatic heterocycles. The maximum atomic E-state index is 12.7. The van der Waals surface area contributed by atoms with E-state index in [2.05, 4.69) is 62.5 Å². The summed E-state index contributed by atoms with van der Waals surface area (Å²) in [5.74, 6) is -0.918. The number of allylic oxidation sites excluding steroid dienone is 7. The molecule has 0 saturated carbocycles. The number of nitrogens with zero attached hydrogens (tertiary/aromatic N) is 1. The first-order valence-corrected chi connectivity index (χ1v) is 23.9. The first-order chi connectivity index (χ1) is 27.5. The predicted molar refractivity (Wildman–Crippen MR) is 231 cm³/mol. The molecule has 0 aromatic carbocycles. The molecule has 0 aromatic rings. The number of rotatable bonds is 39. The Morgan fingerprint density at radius 1 is 0.649 bits per heavy atom. The summed E-state index contributed by atoms with van der Waals surface area (Å²) in [7, 11) is 1.11. The van der Waals surface area contributed by atoms with Crippen LogP contribution in [0.5, 0.6) is 0 Å². The van der Waals surface area contributed by atoms with Crippen LogP contribution >= 0.6 is 7.82 Å². The number of phosphoric acid groups is 1. The van der Waals surface area contributed by atoms with E-state index >= 15 is 0 Å². The van der Waals surface area contributed by atoms with Crippen molar-refractivity contribution >= 4 is 19.8 Å². The molecule has 0 aliphatic carbocycles. The molecule has 10 nitrogen and oxygen atoms in total. The van der Waals surface area contributed by atoms with Crippen LogP contribution in [0.15, 0.2) is 48.6 Å². The van der Waals surface area contributed by atoms with Crippen LogP contribution < -0.4 is 4.89 Å². The van der Waals surface area contributed by atoms with E-state index < -0.39 is 32.5 Å². The van der Waals surface area contributed by atoms with Crippen molar-refractivity contribution in [2.24, 2.45) is 0 Å². The third-order valence-corrected chi connectivity index (χ3v) is 10.7. The summed E-state index contributed by atoms with van der Waals surface area (Å²) in [4.78, 5) is 37.7. The third-order valence-electron chi connectivity index (χ3n) is 9.75. The highest BCUT2D eigenvalue weighted by molar-refractivity contribution is 7.45. The fourth-order valence-corrected chi connectivity index (χ4v) is 6.82. The molecule has 1 saturated heterocycles. The van der Waals surface area contributed by atoms with Gasteiger partial charge in [0.05, 0.1) is 40.0 Å². The number of unbranched alkanes of at least 4 members (excludes halogenated alkanes) is 14. The van der Waals surface area contributed by atoms with Gasteiger partial charge in [0.1, 0.15) is 19.8 Å². The van der Waals surface area contributed by atoms with E-state index in [4.69, 9.17) is 23.3 Å². The lowest BCUT2D eigenvalue weighted by Crippen LogP contribution is -2.37. The maximum absolute atomic E-state index is 12.7. The van der Waals surface area contributed by atoms with Gasteiger partial charge in [-0.2, -0.15) is 0 Å². The number of esters is 2. The zero-order valence-electron chi connectivity index (χ0n) is 36.7. The summed E-state index contributed by atoms with van der Waals surface area (Å²) < 4.78 is 39.7. The van der Waals surface area contributed by atoms with Gasteiger partial charge in [0.15, 0.2) is 6.10 Å². The van der Waals surface area contributed by atoms with Crippen molar-refractivity contribution in [3.05, 3.63) is 48.6 Å². The predicted octanol–water partition coefficient (Wildman–Crippen LogP) is 11.0. The van der Waals surface area contributed by atoms with Crippen LogP contribution in [0.2, 0.25) is 0 Å². The Morgan fingerprint density at radius 3 is 1.82 bits per heavy atom. The lowest BCUT2D eigenvalue weighted by molar-refractivity contribution is -0.870. The third kappa shape index (κ3) is 35.6. The van der Waals surface area contributed by atoms with Crippen LogP contribution in [-0.2, 0) is 37.4 Å². The minimum atomic E-state index is -4.65. The summed E-state index contributed by atoms with van der Waals surface area (Å²) >= 11 is 0. The zero-order chi connectivity index (χ0) is 41.9. The van der Waals surface area contributed by atoms with Gasteiger partial charge >= 0.3 is 11.9 Å². The minimum absolute atomic E-state index is 0.0471. The fourth-order valence-electron chi connectivity index (χ4n) is 6.09. The van der Waals surface area contributed by atoms with Crippen LogP contribution in [0.25, 0.3) is 0 Å². The molecule has 1 rings (SSSR count). The molecule has 1 fully saturated rings. The van der Waals surface area contributed by atoms with E-state index in [0.29, 0.717) is 23.9 Å². The van der Waals surface area contributed by atoms with E-state index in [1.807, 2.05) is 21.1 Å². The van der Waals surface area contributed by atoms with E-state index in [9.17, 15) is 19.0 Å². The molecule has 11 heteroatoms. The highest BCUT2D eigenvalue weighted by Crippen LogP contribution is 2.38. The number of ether oxygens (including phenoxy) is 3. The van der Waals surface area contributed by atoms with Crippen LogP contribution in [0.3, 0.4) is 0 Å². The number of carbonyl (C=O) groups is 2. The largest absolute Gasteiger partial charge is 0.756 e. The Kier molecular flexibility index (Phi) is 32.3. The second-order valence-electron chi connectivity index (χ2n) is 16.4. The number of phosphoric ester groups is 1. The smallest absolute Gasteiger partial charge is 0.306 e. The first kappa shape index (κ1) is 52.9. The average molecular weight is 824 g/mol. The monoisotopic (exact) mass is 824 g/mol. The molecule has 3 unspecified atom stereocenters. The Bertz CT molecular complexity index is 1180. The minimum Gasteiger partial charge on any atom is -0.756 e. The highest BCUT2D eigenvalue weighted by atomic mass is 31.2. The van der Waals surface area contributed by atoms with Crippen molar-refractivity contribution < 1.29 is 46.8 Å². The van der Waals surface area contributed by atoms with Crippen molar-refractivity contribution in [2.45, 2.75) is 186 Å². The van der Waals surface area contributed by atoms with Gasteiger partial charge < -0.3 is 32.6 Å². The lowest BCUT2D eigenvalue weighted by Gasteiger charge is -2.28. The summed E-state index contributed by atoms with van der Waals surface area (Å²) in [6.07, 6.45) is 41.5. The van der Waals surface area contributed by atoms with Crippen LogP contribution in [0.1, 0.15) is 168 Å². The van der Waals surface area contributed by atoms with Crippen molar-refractivity contribution in [2.75, 3.05) is 47.5 Å². The van der Waals surface area contributed by atoms with Crippen LogP contribution in [0, 0.1) is 0 Å². The van der Waals surface area contributed by atoms with Crippen molar-refractivity contribution in [3.8, 4) is 0 Å². The summed E-state index contributed by atoms with van der Waals surface area (Å²) in [6.45, 7) is 4.09. The first-order valence-electron chi connectivity index (χ1n) is 22.5. The summed E-state index contributed by atoms with van der Waals surface area (Å²) in [6, 6.07) is 0. The fraction of sp³-hybridized carbons (Fsp3) is 0.783. The molecule has 4 atom stereocenters. The molecule has 0 aromatic heterocycles. The molecule has 1 heterocycles. The number of carbonyl (C=O) groups excluding carboxylic acids is 2. The standard InChI is InChI=1S/C46H82NO9P/c1-6-8-10-12-14-16-18-20-21-22-24-26-28-30-32-36-45(48)52-40-42(41-54-57(50,51)53-39-38-47(3,4)5)55-46(49)37-33-35-44-43(56-44)34-31-29-27-25-23-19-17-15-13-11-9-7-2/h15-18,23,25,29,31,42-44H,6-14,19-22,24,26-28,30,32-41H2,1-5H3/b17-15-,18-16-,25-23-,31-29-/t42-,43?,44?/m1/s1. The average Bonchev–Trinajstić information content (AvgIpc) is 3.91. The van der Waals surface area contributed by atoms with Gasteiger partial charge in [0.2, 0.25) is 0 Å². The summed E-state index contributed by atoms with van der Waals surface area (Å²) in [5, 5.41) is 0. The second-order valence-corrected chi connectivity index (χ2v) is 17.9. The number of quaternary nitrogens is 1. The number of hydrogen-bond acceptors (Lipinski definition) is 9. The molecule has 0 radical (unpaired) electrons. The Balaban J connectivity index is 2.34. The molecular weight excluding hydrogens is 741 g/mol. The van der Waals surface area contributed by atoms with Gasteiger partial charge in [-0.25, -0.2) is 0 Å². The van der Waals surface area contributed by atoms with Gasteiger partial charge in [-0.3, -0.25) is 14.2 Å². The van der Waals surface area contributed by atoms with Crippen LogP contribution in [0.4, 0.5) is 0 Å². The lowest BCUT2D eigenvalue weighted by atomic mass is 10.1. The number of hydrogen-bond donors (Lipinski definition) is 0. The van der Waals surface area contributed by atoms with Gasteiger partial charge in [-0.1, -0.05) is 127 Å². The van der Waals surface area contributed by atoms with Crippen molar-refractivity contribution in [1.29, 1.82) is 0 Å². The molecule has 0 N–H and O–H groups in total. The molecule has 57 heavy (non-hydrogen) atoms. The number of epoxide rings is 1. The van der Waals surface area contributed by atoms with Crippen molar-refractivity contribution in [1.82, 2.24) is 0 Å². The molecule has 0 spiro atoms. The highest BCUT2D eigenvalue weighted by Gasteiger charge is 2.36. The Morgan fingerprint density at radius 2 is 1.18 bits per heavy atom. The zero-order valence-corrected chi connectivity index (χ0v) is 37.6. The van der Waals surface area contributed by atoms with Gasteiger partial charge in [-0.05, 0) is 77.0 Å². The Hall–Kier alpha value is -2.07. The quantitative estimate of drug-likeness (QED) is 0.0149. The SMILES string of the molecule is CCCCC/C=C\C/C=C\C/C=C\CC1OC1CCCC(=O)O[C@H](COC(=O)CCCCCCCCC/C=C\CCCCCC)COP(=O)([O-])OCC[N+](C)(C)C. The molecule has 1 aliphatic rings. The van der Waals surface area contributed by atoms with Gasteiger partial charge in [0, 0.05) is 12.8 Å². The maximum Gasteiger partial charge on any atom is 0.306 e. The van der Waals surface area contributed by atoms with E-state index in [1.165, 1.54) is 70.6 Å². The molecular formula is C46H82NO9P. The Labute approximate surface area is 348 Å². The number of likely N-dealkylation sites (N-methyl/N-ethyl adjacent to an activating group) is 1. The van der Waals surface area contributed by atoms with Gasteiger partial charge in [0.25, 0.3) is 7.82 Å². The second kappa shape index (κ2) is 34.8. The molecule has 0 amide bonds. The van der Waals surface area contributed by atoms with Gasteiger partial charge in [-0.15, -0.1) is 0 Å². The summed E-state index contributed by atoms with van der Waals surface area (Å²) in [5.41, 5.74) is 0. The topological polar surface area (TPSA) is 124 Å². The van der Waals surface area contributed by atoms with Crippen molar-refractivity contribution in [3.63, 3.8) is 0 Å². The van der Waals surface area contributed by atoms with Crippen LogP contribution in [-0.4, -0.2) is 82.2 Å². The van der Waals surface area contributed by atoms with E-state index in [0.717, 1.165) is 57.8 Å². The molecule has 330 valence electrons. The van der Waals surface area contributed by atoms with E-state index in [1.54, 1.807) is 0 Å². The molecule has 0 bridgehead atoms. The normalized spacial score (nSPS) is 17.6. The van der Waals surface area contributed by atoms with E-state index in [-0.39, 0.29) is 38.3 Å².